The highest BCUT2D eigenvalue weighted by atomic mass is 19.1. The molecule has 124 valence electrons. The van der Waals surface area contributed by atoms with Crippen LogP contribution in [0.15, 0.2) is 48.5 Å². The van der Waals surface area contributed by atoms with Crippen LogP contribution >= 0.6 is 0 Å². The molecule has 0 aliphatic heterocycles. The van der Waals surface area contributed by atoms with Crippen molar-refractivity contribution < 1.29 is 18.9 Å². The summed E-state index contributed by atoms with van der Waals surface area (Å²) in [6, 6.07) is 9.85. The number of nitro benzene ring substituents is 1. The van der Waals surface area contributed by atoms with Crippen molar-refractivity contribution in [1.82, 2.24) is 5.32 Å². The van der Waals surface area contributed by atoms with Crippen LogP contribution in [-0.2, 0) is 11.2 Å². The van der Waals surface area contributed by atoms with Crippen molar-refractivity contribution in [3.8, 4) is 0 Å². The summed E-state index contributed by atoms with van der Waals surface area (Å²) in [5.41, 5.74) is 5.06. The number of nitro groups is 1. The first-order valence-corrected chi connectivity index (χ1v) is 6.97. The molecule has 2 amide bonds. The van der Waals surface area contributed by atoms with Crippen molar-refractivity contribution >= 4 is 17.5 Å². The van der Waals surface area contributed by atoms with Gasteiger partial charge in [-0.1, -0.05) is 30.3 Å². The third-order valence-corrected chi connectivity index (χ3v) is 3.38. The number of amides is 2. The number of halogens is 1. The summed E-state index contributed by atoms with van der Waals surface area (Å²) >= 11 is 0. The molecule has 0 spiro atoms. The number of para-hydroxylation sites is 1. The van der Waals surface area contributed by atoms with Gasteiger partial charge in [0.05, 0.1) is 10.5 Å². The molecule has 0 bridgehead atoms. The summed E-state index contributed by atoms with van der Waals surface area (Å²) in [5, 5.41) is 13.3. The van der Waals surface area contributed by atoms with Gasteiger partial charge in [-0.25, -0.2) is 4.39 Å². The second kappa shape index (κ2) is 7.32. The van der Waals surface area contributed by atoms with E-state index in [0.717, 1.165) is 6.07 Å². The van der Waals surface area contributed by atoms with E-state index in [1.165, 1.54) is 36.4 Å². The molecule has 0 unspecified atom stereocenters. The van der Waals surface area contributed by atoms with Gasteiger partial charge in [-0.2, -0.15) is 0 Å². The maximum absolute atomic E-state index is 13.6. The van der Waals surface area contributed by atoms with Crippen molar-refractivity contribution in [3.63, 3.8) is 0 Å². The summed E-state index contributed by atoms with van der Waals surface area (Å²) in [6.45, 7) is 0. The Bertz CT molecular complexity index is 794. The van der Waals surface area contributed by atoms with Gasteiger partial charge in [-0.05, 0) is 12.1 Å². The molecular formula is C16H14FN3O4. The quantitative estimate of drug-likeness (QED) is 0.617. The third kappa shape index (κ3) is 3.92. The zero-order valence-electron chi connectivity index (χ0n) is 12.4. The summed E-state index contributed by atoms with van der Waals surface area (Å²) < 4.78 is 13.6. The zero-order valence-corrected chi connectivity index (χ0v) is 12.4. The third-order valence-electron chi connectivity index (χ3n) is 3.38. The Balaban J connectivity index is 2.22. The Morgan fingerprint density at radius 1 is 1.17 bits per heavy atom. The molecule has 0 saturated heterocycles. The molecule has 3 N–H and O–H groups in total. The molecule has 0 heterocycles. The Morgan fingerprint density at radius 3 is 2.42 bits per heavy atom. The van der Waals surface area contributed by atoms with Gasteiger partial charge < -0.3 is 11.1 Å². The van der Waals surface area contributed by atoms with Crippen LogP contribution in [-0.4, -0.2) is 22.8 Å². The van der Waals surface area contributed by atoms with Gasteiger partial charge in [0.2, 0.25) is 5.91 Å². The minimum Gasteiger partial charge on any atom is -0.368 e. The largest absolute Gasteiger partial charge is 0.368 e. The molecule has 2 aromatic carbocycles. The number of nitrogens with one attached hydrogen (secondary N) is 1. The molecule has 24 heavy (non-hydrogen) atoms. The molecule has 1 atom stereocenters. The number of carbonyl (C=O) groups is 2. The molecule has 0 fully saturated rings. The normalized spacial score (nSPS) is 11.5. The standard InChI is InChI=1S/C16H14FN3O4/c17-12-7-3-2-6-11(12)16(22)19-13(15(18)21)9-10-5-1-4-8-14(10)20(23)24/h1-8,13H,9H2,(H2,18,21)(H,19,22)/t13-/m0/s1. The van der Waals surface area contributed by atoms with Crippen LogP contribution in [0.3, 0.4) is 0 Å². The van der Waals surface area contributed by atoms with Crippen molar-refractivity contribution in [2.24, 2.45) is 5.73 Å². The van der Waals surface area contributed by atoms with Crippen LogP contribution in [0.4, 0.5) is 10.1 Å². The Hall–Kier alpha value is -3.29. The lowest BCUT2D eigenvalue weighted by Crippen LogP contribution is -2.46. The number of benzene rings is 2. The fourth-order valence-electron chi connectivity index (χ4n) is 2.19. The lowest BCUT2D eigenvalue weighted by atomic mass is 10.0. The van der Waals surface area contributed by atoms with E-state index in [2.05, 4.69) is 5.32 Å². The molecule has 2 aromatic rings. The molecule has 2 rings (SSSR count). The lowest BCUT2D eigenvalue weighted by Gasteiger charge is -2.16. The Labute approximate surface area is 136 Å². The first-order chi connectivity index (χ1) is 11.4. The van der Waals surface area contributed by atoms with E-state index in [4.69, 9.17) is 5.73 Å². The summed E-state index contributed by atoms with van der Waals surface area (Å²) in [7, 11) is 0. The number of hydrogen-bond donors (Lipinski definition) is 2. The topological polar surface area (TPSA) is 115 Å². The van der Waals surface area contributed by atoms with Crippen molar-refractivity contribution in [2.45, 2.75) is 12.5 Å². The molecule has 8 heteroatoms. The highest BCUT2D eigenvalue weighted by Crippen LogP contribution is 2.19. The van der Waals surface area contributed by atoms with E-state index >= 15 is 0 Å². The van der Waals surface area contributed by atoms with E-state index < -0.39 is 28.6 Å². The zero-order chi connectivity index (χ0) is 17.7. The van der Waals surface area contributed by atoms with Crippen LogP contribution in [0.5, 0.6) is 0 Å². The monoisotopic (exact) mass is 331 g/mol. The van der Waals surface area contributed by atoms with Gasteiger partial charge in [0.25, 0.3) is 11.6 Å². The van der Waals surface area contributed by atoms with Gasteiger partial charge in [0.1, 0.15) is 11.9 Å². The van der Waals surface area contributed by atoms with E-state index in [-0.39, 0.29) is 23.2 Å². The van der Waals surface area contributed by atoms with Gasteiger partial charge in [-0.15, -0.1) is 0 Å². The van der Waals surface area contributed by atoms with E-state index in [9.17, 15) is 24.1 Å². The fourth-order valence-corrected chi connectivity index (χ4v) is 2.19. The van der Waals surface area contributed by atoms with E-state index in [1.54, 1.807) is 6.07 Å². The molecule has 0 saturated carbocycles. The van der Waals surface area contributed by atoms with Crippen molar-refractivity contribution in [3.05, 3.63) is 75.6 Å². The Morgan fingerprint density at radius 2 is 1.79 bits per heavy atom. The number of hydrogen-bond acceptors (Lipinski definition) is 4. The molecular weight excluding hydrogens is 317 g/mol. The summed E-state index contributed by atoms with van der Waals surface area (Å²) in [5.74, 6) is -2.45. The fraction of sp³-hybridized carbons (Fsp3) is 0.125. The van der Waals surface area contributed by atoms with Gasteiger partial charge in [0, 0.05) is 18.1 Å². The predicted octanol–water partition coefficient (Wildman–Crippen LogP) is 1.56. The number of primary amides is 1. The van der Waals surface area contributed by atoms with E-state index in [1.807, 2.05) is 0 Å². The van der Waals surface area contributed by atoms with Crippen LogP contribution in [0.1, 0.15) is 15.9 Å². The second-order valence-corrected chi connectivity index (χ2v) is 5.00. The second-order valence-electron chi connectivity index (χ2n) is 5.00. The minimum atomic E-state index is -1.21. The summed E-state index contributed by atoms with van der Waals surface area (Å²) in [6.07, 6.45) is -0.174. The predicted molar refractivity (Wildman–Crippen MR) is 83.6 cm³/mol. The summed E-state index contributed by atoms with van der Waals surface area (Å²) in [4.78, 5) is 34.1. The highest BCUT2D eigenvalue weighted by Gasteiger charge is 2.24. The number of carbonyl (C=O) groups excluding carboxylic acids is 2. The smallest absolute Gasteiger partial charge is 0.272 e. The van der Waals surface area contributed by atoms with Crippen LogP contribution in [0, 0.1) is 15.9 Å². The van der Waals surface area contributed by atoms with Crippen LogP contribution < -0.4 is 11.1 Å². The Kier molecular flexibility index (Phi) is 5.20. The molecule has 0 radical (unpaired) electrons. The minimum absolute atomic E-state index is 0.174. The molecule has 7 nitrogen and oxygen atoms in total. The van der Waals surface area contributed by atoms with Crippen molar-refractivity contribution in [2.75, 3.05) is 0 Å². The van der Waals surface area contributed by atoms with Crippen LogP contribution in [0.2, 0.25) is 0 Å². The van der Waals surface area contributed by atoms with Crippen LogP contribution in [0.25, 0.3) is 0 Å². The number of rotatable bonds is 6. The highest BCUT2D eigenvalue weighted by molar-refractivity contribution is 5.97. The van der Waals surface area contributed by atoms with Crippen molar-refractivity contribution in [1.29, 1.82) is 0 Å². The molecule has 0 aliphatic carbocycles. The number of nitrogens with zero attached hydrogens (tertiary/aromatic N) is 1. The molecule has 0 aromatic heterocycles. The first kappa shape index (κ1) is 17.1. The number of nitrogens with two attached hydrogens (primary N) is 1. The maximum atomic E-state index is 13.6. The average molecular weight is 331 g/mol. The average Bonchev–Trinajstić information content (AvgIpc) is 2.54. The van der Waals surface area contributed by atoms with E-state index in [0.29, 0.717) is 0 Å². The van der Waals surface area contributed by atoms with Gasteiger partial charge in [-0.3, -0.25) is 19.7 Å². The first-order valence-electron chi connectivity index (χ1n) is 6.97. The maximum Gasteiger partial charge on any atom is 0.272 e. The molecule has 0 aliphatic rings. The lowest BCUT2D eigenvalue weighted by molar-refractivity contribution is -0.385. The van der Waals surface area contributed by atoms with Gasteiger partial charge in [0.15, 0.2) is 0 Å². The van der Waals surface area contributed by atoms with Gasteiger partial charge >= 0.3 is 0 Å². The SMILES string of the molecule is NC(=O)[C@H](Cc1ccccc1[N+](=O)[O-])NC(=O)c1ccccc1F.